The second-order valence-corrected chi connectivity index (χ2v) is 5.56. The van der Waals surface area contributed by atoms with Crippen LogP contribution >= 0.6 is 0 Å². The lowest BCUT2D eigenvalue weighted by Gasteiger charge is -2.08. The molecular weight excluding hydrogens is 208 g/mol. The lowest BCUT2D eigenvalue weighted by molar-refractivity contribution is -0.120. The highest BCUT2D eigenvalue weighted by Crippen LogP contribution is 2.16. The summed E-state index contributed by atoms with van der Waals surface area (Å²) in [6.07, 6.45) is 17.5. The van der Waals surface area contributed by atoms with Crippen molar-refractivity contribution in [1.29, 1.82) is 0 Å². The van der Waals surface area contributed by atoms with Crippen LogP contribution < -0.4 is 0 Å². The summed E-state index contributed by atoms with van der Waals surface area (Å²) in [5.74, 6) is 1.05. The van der Waals surface area contributed by atoms with Crippen LogP contribution in [0.1, 0.15) is 77.6 Å². The van der Waals surface area contributed by atoms with E-state index < -0.39 is 0 Å². The molecule has 98 valence electrons. The van der Waals surface area contributed by atoms with Crippen LogP contribution in [0.15, 0.2) is 12.2 Å². The predicted molar refractivity (Wildman–Crippen MR) is 74.1 cm³/mol. The Bertz CT molecular complexity index is 230. The maximum absolute atomic E-state index is 11.7. The molecule has 0 heterocycles. The van der Waals surface area contributed by atoms with Gasteiger partial charge in [-0.05, 0) is 38.0 Å². The average Bonchev–Trinajstić information content (AvgIpc) is 2.30. The van der Waals surface area contributed by atoms with E-state index >= 15 is 0 Å². The minimum absolute atomic E-state index is 0.483. The minimum Gasteiger partial charge on any atom is -0.300 e. The molecule has 0 saturated heterocycles. The van der Waals surface area contributed by atoms with Crippen molar-refractivity contribution < 1.29 is 4.79 Å². The molecule has 0 aromatic heterocycles. The minimum atomic E-state index is 0.483. The molecule has 1 aliphatic carbocycles. The first-order chi connectivity index (χ1) is 8.29. The van der Waals surface area contributed by atoms with E-state index in [2.05, 4.69) is 19.1 Å². The molecule has 0 fully saturated rings. The number of Topliss-reactive ketones (excluding diaryl/α,β-unsaturated/α-hetero) is 1. The summed E-state index contributed by atoms with van der Waals surface area (Å²) >= 11 is 0. The third kappa shape index (κ3) is 8.18. The predicted octanol–water partition coefficient (Wildman–Crippen LogP) is 5.05. The van der Waals surface area contributed by atoms with Gasteiger partial charge in [-0.15, -0.1) is 0 Å². The standard InChI is InChI=1S/C16H28O/c1-15-12-10-8-6-4-2-3-5-7-9-11-13-16(17)14-15/h6,8,15H,2-5,7,9-14H2,1H3. The summed E-state index contributed by atoms with van der Waals surface area (Å²) in [7, 11) is 0. The van der Waals surface area contributed by atoms with Crippen LogP contribution in [0.2, 0.25) is 0 Å². The van der Waals surface area contributed by atoms with E-state index in [0.717, 1.165) is 25.7 Å². The van der Waals surface area contributed by atoms with Crippen LogP contribution in [0.3, 0.4) is 0 Å². The van der Waals surface area contributed by atoms with Gasteiger partial charge in [0.25, 0.3) is 0 Å². The Morgan fingerprint density at radius 3 is 2.41 bits per heavy atom. The van der Waals surface area contributed by atoms with Gasteiger partial charge >= 0.3 is 0 Å². The van der Waals surface area contributed by atoms with E-state index in [-0.39, 0.29) is 0 Å². The molecule has 0 bridgehead atoms. The number of allylic oxidation sites excluding steroid dienone is 2. The van der Waals surface area contributed by atoms with Crippen molar-refractivity contribution in [3.8, 4) is 0 Å². The van der Waals surface area contributed by atoms with Crippen molar-refractivity contribution in [1.82, 2.24) is 0 Å². The van der Waals surface area contributed by atoms with E-state index in [1.54, 1.807) is 0 Å². The molecule has 0 aromatic rings. The summed E-state index contributed by atoms with van der Waals surface area (Å²) in [5, 5.41) is 0. The molecule has 1 nitrogen and oxygen atoms in total. The maximum atomic E-state index is 11.7. The second kappa shape index (κ2) is 9.44. The van der Waals surface area contributed by atoms with Crippen molar-refractivity contribution in [2.24, 2.45) is 5.92 Å². The van der Waals surface area contributed by atoms with E-state index in [4.69, 9.17) is 0 Å². The Balaban J connectivity index is 2.30. The molecule has 0 radical (unpaired) electrons. The SMILES string of the molecule is CC1CCC=CCCCCCCCCC(=O)C1. The zero-order valence-corrected chi connectivity index (χ0v) is 11.4. The normalized spacial score (nSPS) is 26.2. The topological polar surface area (TPSA) is 17.1 Å². The molecule has 0 aliphatic heterocycles. The zero-order valence-electron chi connectivity index (χ0n) is 11.4. The fourth-order valence-corrected chi connectivity index (χ4v) is 2.50. The van der Waals surface area contributed by atoms with Gasteiger partial charge in [0.1, 0.15) is 5.78 Å². The van der Waals surface area contributed by atoms with Crippen LogP contribution in [-0.2, 0) is 4.79 Å². The van der Waals surface area contributed by atoms with Crippen LogP contribution in [0, 0.1) is 5.92 Å². The van der Waals surface area contributed by atoms with Crippen LogP contribution in [0.25, 0.3) is 0 Å². The van der Waals surface area contributed by atoms with Crippen molar-refractivity contribution in [3.05, 3.63) is 12.2 Å². The molecule has 0 amide bonds. The van der Waals surface area contributed by atoms with Crippen molar-refractivity contribution in [2.75, 3.05) is 0 Å². The van der Waals surface area contributed by atoms with Crippen molar-refractivity contribution in [2.45, 2.75) is 77.6 Å². The first-order valence-electron chi connectivity index (χ1n) is 7.45. The first-order valence-corrected chi connectivity index (χ1v) is 7.45. The third-order valence-electron chi connectivity index (χ3n) is 3.65. The van der Waals surface area contributed by atoms with Gasteiger partial charge in [-0.3, -0.25) is 4.79 Å². The number of hydrogen-bond donors (Lipinski definition) is 0. The number of hydrogen-bond acceptors (Lipinski definition) is 1. The summed E-state index contributed by atoms with van der Waals surface area (Å²) < 4.78 is 0. The Hall–Kier alpha value is -0.590. The third-order valence-corrected chi connectivity index (χ3v) is 3.65. The fourth-order valence-electron chi connectivity index (χ4n) is 2.50. The Morgan fingerprint density at radius 2 is 1.59 bits per heavy atom. The molecule has 0 aromatic carbocycles. The van der Waals surface area contributed by atoms with Gasteiger partial charge in [-0.1, -0.05) is 44.8 Å². The van der Waals surface area contributed by atoms with Crippen molar-refractivity contribution >= 4 is 5.78 Å². The summed E-state index contributed by atoms with van der Waals surface area (Å²) in [6, 6.07) is 0. The van der Waals surface area contributed by atoms with Crippen LogP contribution in [0.5, 0.6) is 0 Å². The molecule has 0 saturated carbocycles. The van der Waals surface area contributed by atoms with E-state index in [1.807, 2.05) is 0 Å². The van der Waals surface area contributed by atoms with Crippen LogP contribution in [-0.4, -0.2) is 5.78 Å². The number of ketones is 1. The molecule has 17 heavy (non-hydrogen) atoms. The van der Waals surface area contributed by atoms with E-state index in [1.165, 1.54) is 44.9 Å². The molecular formula is C16H28O. The molecule has 1 atom stereocenters. The Kier molecular flexibility index (Phi) is 8.04. The smallest absolute Gasteiger partial charge is 0.133 e. The van der Waals surface area contributed by atoms with Gasteiger partial charge in [0.15, 0.2) is 0 Å². The summed E-state index contributed by atoms with van der Waals surface area (Å²) in [6.45, 7) is 2.21. The fraction of sp³-hybridized carbons (Fsp3) is 0.812. The van der Waals surface area contributed by atoms with Gasteiger partial charge in [0.05, 0.1) is 0 Å². The lowest BCUT2D eigenvalue weighted by Crippen LogP contribution is -2.05. The molecule has 1 heteroatoms. The molecule has 0 N–H and O–H groups in total. The quantitative estimate of drug-likeness (QED) is 0.538. The first kappa shape index (κ1) is 14.5. The number of carbonyl (C=O) groups excluding carboxylic acids is 1. The number of carbonyl (C=O) groups is 1. The van der Waals surface area contributed by atoms with Gasteiger partial charge in [-0.2, -0.15) is 0 Å². The van der Waals surface area contributed by atoms with Crippen LogP contribution in [0.4, 0.5) is 0 Å². The van der Waals surface area contributed by atoms with Gasteiger partial charge < -0.3 is 0 Å². The second-order valence-electron chi connectivity index (χ2n) is 5.56. The van der Waals surface area contributed by atoms with Gasteiger partial charge in [-0.25, -0.2) is 0 Å². The van der Waals surface area contributed by atoms with E-state index in [9.17, 15) is 4.79 Å². The molecule has 0 spiro atoms. The Morgan fingerprint density at radius 1 is 0.941 bits per heavy atom. The highest BCUT2D eigenvalue weighted by molar-refractivity contribution is 5.78. The van der Waals surface area contributed by atoms with Gasteiger partial charge in [0, 0.05) is 12.8 Å². The lowest BCUT2D eigenvalue weighted by atomic mass is 9.96. The summed E-state index contributed by atoms with van der Waals surface area (Å²) in [4.78, 5) is 11.7. The van der Waals surface area contributed by atoms with Crippen molar-refractivity contribution in [3.63, 3.8) is 0 Å². The Labute approximate surface area is 107 Å². The highest BCUT2D eigenvalue weighted by atomic mass is 16.1. The summed E-state index contributed by atoms with van der Waals surface area (Å²) in [5.41, 5.74) is 0. The molecule has 1 unspecified atom stereocenters. The molecule has 1 rings (SSSR count). The molecule has 1 aliphatic rings. The monoisotopic (exact) mass is 236 g/mol. The average molecular weight is 236 g/mol. The maximum Gasteiger partial charge on any atom is 0.133 e. The zero-order chi connectivity index (χ0) is 12.3. The van der Waals surface area contributed by atoms with E-state index in [0.29, 0.717) is 11.7 Å². The highest BCUT2D eigenvalue weighted by Gasteiger charge is 2.08. The van der Waals surface area contributed by atoms with Gasteiger partial charge in [0.2, 0.25) is 0 Å². The number of rotatable bonds is 0. The largest absolute Gasteiger partial charge is 0.300 e.